The number of rotatable bonds is 3. The van der Waals surface area contributed by atoms with Gasteiger partial charge in [-0.15, -0.1) is 0 Å². The highest BCUT2D eigenvalue weighted by atomic mass is 16.1. The number of benzene rings is 5. The summed E-state index contributed by atoms with van der Waals surface area (Å²) >= 11 is 0. The Morgan fingerprint density at radius 1 is 0.571 bits per heavy atom. The number of aromatic nitrogens is 1. The highest BCUT2D eigenvalue weighted by Crippen LogP contribution is 2.57. The third-order valence-corrected chi connectivity index (χ3v) is 13.0. The molecular formula is C45H40N2O2. The van der Waals surface area contributed by atoms with E-state index in [-0.39, 0.29) is 16.3 Å². The maximum Gasteiger partial charge on any atom is 0.169 e. The van der Waals surface area contributed by atoms with Gasteiger partial charge in [-0.05, 0) is 127 Å². The Balaban J connectivity index is 0.00000306. The number of anilines is 3. The average Bonchev–Trinajstić information content (AvgIpc) is 3.97. The van der Waals surface area contributed by atoms with E-state index in [1.165, 1.54) is 93.4 Å². The lowest BCUT2D eigenvalue weighted by molar-refractivity contribution is 0.0827. The molecule has 0 atom stereocenters. The van der Waals surface area contributed by atoms with Crippen molar-refractivity contribution in [2.45, 2.75) is 64.2 Å². The second kappa shape index (κ2) is 10.1. The van der Waals surface area contributed by atoms with Crippen molar-refractivity contribution < 1.29 is 10.3 Å². The van der Waals surface area contributed by atoms with Gasteiger partial charge in [-0.25, -0.2) is 0 Å². The van der Waals surface area contributed by atoms with Gasteiger partial charge in [0.15, 0.2) is 5.78 Å². The molecule has 0 bridgehead atoms. The van der Waals surface area contributed by atoms with Crippen LogP contribution in [0.1, 0.15) is 78.4 Å². The first-order valence-electron chi connectivity index (χ1n) is 18.0. The maximum atomic E-state index is 14.1. The fraction of sp³-hybridized carbons (Fsp3) is 0.267. The van der Waals surface area contributed by atoms with E-state index in [1.54, 1.807) is 0 Å². The number of hydrogen-bond donors (Lipinski definition) is 0. The highest BCUT2D eigenvalue weighted by molar-refractivity contribution is 6.26. The Morgan fingerprint density at radius 2 is 1.06 bits per heavy atom. The van der Waals surface area contributed by atoms with Gasteiger partial charge < -0.3 is 14.8 Å². The van der Waals surface area contributed by atoms with Crippen LogP contribution in [0.4, 0.5) is 17.1 Å². The van der Waals surface area contributed by atoms with Crippen molar-refractivity contribution in [1.29, 1.82) is 0 Å². The molecule has 2 heterocycles. The van der Waals surface area contributed by atoms with Crippen LogP contribution in [0.15, 0.2) is 104 Å². The van der Waals surface area contributed by atoms with Crippen LogP contribution in [0, 0.1) is 10.8 Å². The van der Waals surface area contributed by atoms with Crippen LogP contribution in [-0.2, 0) is 12.8 Å². The van der Waals surface area contributed by atoms with Gasteiger partial charge in [-0.2, -0.15) is 0 Å². The lowest BCUT2D eigenvalue weighted by atomic mass is 9.80. The molecule has 4 aliphatic carbocycles. The number of allylic oxidation sites excluding steroid dienone is 1. The summed E-state index contributed by atoms with van der Waals surface area (Å²) in [5, 5.41) is 5.11. The molecule has 4 heteroatoms. The molecule has 2 fully saturated rings. The zero-order valence-corrected chi connectivity index (χ0v) is 27.8. The number of hydrogen-bond acceptors (Lipinski definition) is 2. The number of para-hydroxylation sites is 2. The second-order valence-electron chi connectivity index (χ2n) is 15.4. The Morgan fingerprint density at radius 3 is 1.63 bits per heavy atom. The van der Waals surface area contributed by atoms with Gasteiger partial charge in [0.25, 0.3) is 0 Å². The van der Waals surface area contributed by atoms with Gasteiger partial charge in [0, 0.05) is 49.6 Å². The van der Waals surface area contributed by atoms with Gasteiger partial charge >= 0.3 is 0 Å². The molecule has 7 aromatic rings. The Labute approximate surface area is 286 Å². The van der Waals surface area contributed by atoms with Crippen molar-refractivity contribution in [2.75, 3.05) is 4.90 Å². The van der Waals surface area contributed by atoms with E-state index >= 15 is 0 Å². The Kier molecular flexibility index (Phi) is 5.96. The largest absolute Gasteiger partial charge is 0.412 e. The fourth-order valence-electron chi connectivity index (χ4n) is 10.7. The first-order valence-corrected chi connectivity index (χ1v) is 18.0. The first kappa shape index (κ1) is 29.0. The van der Waals surface area contributed by atoms with Crippen molar-refractivity contribution in [1.82, 2.24) is 4.40 Å². The van der Waals surface area contributed by atoms with Crippen molar-refractivity contribution in [2.24, 2.45) is 10.8 Å². The second-order valence-corrected chi connectivity index (χ2v) is 15.4. The zero-order chi connectivity index (χ0) is 31.8. The molecule has 2 spiro atoms. The van der Waals surface area contributed by atoms with Crippen LogP contribution in [-0.4, -0.2) is 15.7 Å². The first-order chi connectivity index (χ1) is 23.5. The minimum absolute atomic E-state index is 0. The predicted octanol–water partition coefficient (Wildman–Crippen LogP) is 10.9. The third-order valence-electron chi connectivity index (χ3n) is 13.0. The maximum absolute atomic E-state index is 14.1. The van der Waals surface area contributed by atoms with E-state index in [2.05, 4.69) is 106 Å². The van der Waals surface area contributed by atoms with Crippen molar-refractivity contribution in [3.05, 3.63) is 126 Å². The molecule has 0 amide bonds. The zero-order valence-electron chi connectivity index (χ0n) is 27.8. The molecule has 0 radical (unpaired) electrons. The van der Waals surface area contributed by atoms with E-state index in [0.717, 1.165) is 53.8 Å². The molecule has 49 heavy (non-hydrogen) atoms. The van der Waals surface area contributed by atoms with Crippen LogP contribution in [0.25, 0.3) is 43.7 Å². The molecule has 0 unspecified atom stereocenters. The molecular weight excluding hydrogens is 601 g/mol. The molecule has 11 rings (SSSR count). The monoisotopic (exact) mass is 640 g/mol. The minimum atomic E-state index is -0.179. The Hall–Kier alpha value is -4.93. The molecule has 0 aliphatic heterocycles. The molecule has 4 aliphatic rings. The average molecular weight is 641 g/mol. The Bertz CT molecular complexity index is 2330. The highest BCUT2D eigenvalue weighted by Gasteiger charge is 2.47. The molecule has 2 saturated carbocycles. The standard InChI is InChI=1S/C45H38N2O.H2O/c1-28-34-24-40-36(20-29(34)26-44(28)16-8-9-17-44)38-22-33(46(31-12-4-2-5-13-31)32-14-6-3-7-15-32)23-39-37-21-30-27-45(18-10-11-19-45)43(48)35(30)25-41(37)47(40)42(38)39;/h2-7,12-15,20-25H,1,8-11,16-19,26-27H2;1H2. The van der Waals surface area contributed by atoms with E-state index in [4.69, 9.17) is 6.58 Å². The quantitative estimate of drug-likeness (QED) is 0.193. The summed E-state index contributed by atoms with van der Waals surface area (Å²) < 4.78 is 2.49. The lowest BCUT2D eigenvalue weighted by Crippen LogP contribution is -2.23. The SMILES string of the molecule is C=C1c2cc3c(cc2CC12CCCC2)c1cc(N(c2ccccc2)c2ccccc2)cc2c4cc5c(cc4n3c12)C(=O)C1(CCCC1)C5.O. The lowest BCUT2D eigenvalue weighted by Gasteiger charge is -2.25. The fourth-order valence-corrected chi connectivity index (χ4v) is 10.7. The summed E-state index contributed by atoms with van der Waals surface area (Å²) in [6, 6.07) is 35.9. The molecule has 2 aromatic heterocycles. The summed E-state index contributed by atoms with van der Waals surface area (Å²) in [5.41, 5.74) is 13.5. The van der Waals surface area contributed by atoms with Crippen molar-refractivity contribution >= 4 is 66.5 Å². The number of ketones is 1. The minimum Gasteiger partial charge on any atom is -0.412 e. The summed E-state index contributed by atoms with van der Waals surface area (Å²) in [6.07, 6.45) is 11.5. The van der Waals surface area contributed by atoms with Crippen molar-refractivity contribution in [3.8, 4) is 0 Å². The van der Waals surface area contributed by atoms with Crippen LogP contribution in [0.3, 0.4) is 0 Å². The van der Waals surface area contributed by atoms with Gasteiger partial charge in [-0.1, -0.05) is 68.7 Å². The molecule has 2 N–H and O–H groups in total. The number of Topliss-reactive ketones (excluding diaryl/α,β-unsaturated/α-hetero) is 1. The number of nitrogens with zero attached hydrogens (tertiary/aromatic N) is 2. The van der Waals surface area contributed by atoms with Gasteiger partial charge in [0.2, 0.25) is 0 Å². The van der Waals surface area contributed by atoms with Gasteiger partial charge in [0.1, 0.15) is 0 Å². The van der Waals surface area contributed by atoms with Crippen LogP contribution in [0.2, 0.25) is 0 Å². The topological polar surface area (TPSA) is 56.2 Å². The molecule has 0 saturated heterocycles. The molecule has 5 aromatic carbocycles. The number of fused-ring (bicyclic) bond motifs is 8. The number of carbonyl (C=O) groups is 1. The molecule has 4 nitrogen and oxygen atoms in total. The van der Waals surface area contributed by atoms with E-state index < -0.39 is 0 Å². The van der Waals surface area contributed by atoms with Crippen LogP contribution < -0.4 is 4.90 Å². The summed E-state index contributed by atoms with van der Waals surface area (Å²) in [7, 11) is 0. The van der Waals surface area contributed by atoms with Crippen LogP contribution in [0.5, 0.6) is 0 Å². The van der Waals surface area contributed by atoms with E-state index in [9.17, 15) is 4.79 Å². The molecule has 242 valence electrons. The van der Waals surface area contributed by atoms with E-state index in [0.29, 0.717) is 5.78 Å². The van der Waals surface area contributed by atoms with Gasteiger partial charge in [0.05, 0.1) is 16.6 Å². The van der Waals surface area contributed by atoms with Crippen molar-refractivity contribution in [3.63, 3.8) is 0 Å². The van der Waals surface area contributed by atoms with E-state index in [1.807, 2.05) is 0 Å². The van der Waals surface area contributed by atoms with Gasteiger partial charge in [-0.3, -0.25) is 4.79 Å². The smallest absolute Gasteiger partial charge is 0.169 e. The summed E-state index contributed by atoms with van der Waals surface area (Å²) in [6.45, 7) is 4.75. The number of carbonyl (C=O) groups excluding carboxylic acids is 1. The van der Waals surface area contributed by atoms with Crippen LogP contribution >= 0.6 is 0 Å². The third kappa shape index (κ3) is 3.76. The summed E-state index contributed by atoms with van der Waals surface area (Å²) in [4.78, 5) is 16.5. The summed E-state index contributed by atoms with van der Waals surface area (Å²) in [5.74, 6) is 0.388. The predicted molar refractivity (Wildman–Crippen MR) is 202 cm³/mol. The normalized spacial score (nSPS) is 18.9.